The molecule has 0 radical (unpaired) electrons. The molecule has 0 fully saturated rings. The molecular formula is C31H61N2+. The summed E-state index contributed by atoms with van der Waals surface area (Å²) in [5.41, 5.74) is 0. The SMILES string of the molecule is CCCCCCCCCCCCCC(CCCCCCCCC)c1[nH]cc[n+]1C(C)CCC. The summed E-state index contributed by atoms with van der Waals surface area (Å²) in [4.78, 5) is 3.67. The van der Waals surface area contributed by atoms with Crippen LogP contribution in [0.1, 0.15) is 187 Å². The highest BCUT2D eigenvalue weighted by Crippen LogP contribution is 2.27. The van der Waals surface area contributed by atoms with E-state index >= 15 is 0 Å². The zero-order valence-electron chi connectivity index (χ0n) is 23.3. The molecule has 0 saturated carbocycles. The highest BCUT2D eigenvalue weighted by Gasteiger charge is 2.25. The van der Waals surface area contributed by atoms with Gasteiger partial charge in [0.2, 0.25) is 0 Å². The van der Waals surface area contributed by atoms with Crippen LogP contribution in [0.5, 0.6) is 0 Å². The van der Waals surface area contributed by atoms with Gasteiger partial charge < -0.3 is 0 Å². The van der Waals surface area contributed by atoms with Crippen LogP contribution in [0.4, 0.5) is 0 Å². The van der Waals surface area contributed by atoms with Crippen molar-refractivity contribution in [2.24, 2.45) is 0 Å². The van der Waals surface area contributed by atoms with E-state index in [-0.39, 0.29) is 0 Å². The summed E-state index contributed by atoms with van der Waals surface area (Å²) < 4.78 is 2.56. The smallest absolute Gasteiger partial charge is 0.247 e. The highest BCUT2D eigenvalue weighted by atomic mass is 15.1. The Labute approximate surface area is 208 Å². The Kier molecular flexibility index (Phi) is 19.9. The maximum Gasteiger partial charge on any atom is 0.257 e. The zero-order valence-corrected chi connectivity index (χ0v) is 23.3. The van der Waals surface area contributed by atoms with Gasteiger partial charge in [-0.25, -0.2) is 9.55 Å². The largest absolute Gasteiger partial charge is 0.257 e. The predicted octanol–water partition coefficient (Wildman–Crippen LogP) is 10.6. The molecule has 33 heavy (non-hydrogen) atoms. The van der Waals surface area contributed by atoms with Crippen LogP contribution in [0.2, 0.25) is 0 Å². The first-order valence-corrected chi connectivity index (χ1v) is 15.3. The molecule has 0 spiro atoms. The second-order valence-electron chi connectivity index (χ2n) is 10.8. The maximum absolute atomic E-state index is 3.67. The van der Waals surface area contributed by atoms with Gasteiger partial charge in [-0.3, -0.25) is 0 Å². The molecule has 1 N–H and O–H groups in total. The van der Waals surface area contributed by atoms with Crippen molar-refractivity contribution in [2.45, 2.75) is 181 Å². The van der Waals surface area contributed by atoms with Gasteiger partial charge in [-0.15, -0.1) is 0 Å². The Hall–Kier alpha value is -0.790. The van der Waals surface area contributed by atoms with Gasteiger partial charge in [-0.2, -0.15) is 0 Å². The fraction of sp³-hybridized carbons (Fsp3) is 0.903. The fourth-order valence-corrected chi connectivity index (χ4v) is 5.45. The molecule has 1 aromatic rings. The molecule has 0 aliphatic heterocycles. The molecule has 0 aliphatic rings. The van der Waals surface area contributed by atoms with E-state index in [0.29, 0.717) is 12.0 Å². The average Bonchev–Trinajstić information content (AvgIpc) is 3.30. The van der Waals surface area contributed by atoms with Crippen LogP contribution >= 0.6 is 0 Å². The lowest BCUT2D eigenvalue weighted by Crippen LogP contribution is -2.41. The van der Waals surface area contributed by atoms with Gasteiger partial charge in [0.05, 0.1) is 12.0 Å². The van der Waals surface area contributed by atoms with Gasteiger partial charge in [-0.1, -0.05) is 143 Å². The summed E-state index contributed by atoms with van der Waals surface area (Å²) in [6.45, 7) is 9.32. The van der Waals surface area contributed by atoms with Gasteiger partial charge >= 0.3 is 0 Å². The number of nitrogens with one attached hydrogen (secondary N) is 1. The molecule has 1 heterocycles. The predicted molar refractivity (Wildman–Crippen MR) is 147 cm³/mol. The van der Waals surface area contributed by atoms with Crippen LogP contribution in [-0.2, 0) is 0 Å². The number of aromatic nitrogens is 2. The third kappa shape index (κ3) is 14.9. The molecule has 0 saturated heterocycles. The quantitative estimate of drug-likeness (QED) is 0.117. The topological polar surface area (TPSA) is 19.7 Å². The van der Waals surface area contributed by atoms with Gasteiger partial charge in [-0.05, 0) is 26.2 Å². The second kappa shape index (κ2) is 21.7. The van der Waals surface area contributed by atoms with Crippen molar-refractivity contribution >= 4 is 0 Å². The minimum absolute atomic E-state index is 0.616. The van der Waals surface area contributed by atoms with Crippen molar-refractivity contribution in [1.82, 2.24) is 4.98 Å². The lowest BCUT2D eigenvalue weighted by atomic mass is 9.93. The molecular weight excluding hydrogens is 400 g/mol. The number of imidazole rings is 1. The number of aromatic amines is 1. The number of H-pyrrole nitrogens is 1. The Morgan fingerprint density at radius 2 is 1.00 bits per heavy atom. The van der Waals surface area contributed by atoms with Crippen LogP contribution in [0.3, 0.4) is 0 Å². The molecule has 0 aliphatic carbocycles. The maximum atomic E-state index is 3.67. The van der Waals surface area contributed by atoms with Crippen molar-refractivity contribution in [3.05, 3.63) is 18.2 Å². The fourth-order valence-electron chi connectivity index (χ4n) is 5.45. The molecule has 194 valence electrons. The van der Waals surface area contributed by atoms with Gasteiger partial charge in [0.25, 0.3) is 5.82 Å². The number of hydrogen-bond acceptors (Lipinski definition) is 0. The molecule has 0 amide bonds. The Bertz CT molecular complexity index is 521. The second-order valence-corrected chi connectivity index (χ2v) is 10.8. The van der Waals surface area contributed by atoms with Gasteiger partial charge in [0.1, 0.15) is 12.4 Å². The van der Waals surface area contributed by atoms with Crippen molar-refractivity contribution in [3.63, 3.8) is 0 Å². The molecule has 2 atom stereocenters. The number of nitrogens with zero attached hydrogens (tertiary/aromatic N) is 1. The van der Waals surface area contributed by atoms with Crippen molar-refractivity contribution in [1.29, 1.82) is 0 Å². The Morgan fingerprint density at radius 3 is 1.42 bits per heavy atom. The summed E-state index contributed by atoms with van der Waals surface area (Å²) in [6, 6.07) is 0.616. The Balaban J connectivity index is 2.37. The lowest BCUT2D eigenvalue weighted by molar-refractivity contribution is -0.727. The summed E-state index contributed by atoms with van der Waals surface area (Å²) in [5.74, 6) is 2.22. The third-order valence-corrected chi connectivity index (χ3v) is 7.62. The monoisotopic (exact) mass is 461 g/mol. The molecule has 2 nitrogen and oxygen atoms in total. The van der Waals surface area contributed by atoms with Crippen LogP contribution in [-0.4, -0.2) is 4.98 Å². The van der Waals surface area contributed by atoms with E-state index in [2.05, 4.69) is 49.6 Å². The van der Waals surface area contributed by atoms with E-state index in [1.54, 1.807) is 0 Å². The molecule has 2 heteroatoms. The number of unbranched alkanes of at least 4 members (excludes halogenated alkanes) is 16. The summed E-state index contributed by atoms with van der Waals surface area (Å²) in [6.07, 6.45) is 35.4. The molecule has 1 rings (SSSR count). The molecule has 1 aromatic heterocycles. The first-order chi connectivity index (χ1) is 16.2. The van der Waals surface area contributed by atoms with E-state index < -0.39 is 0 Å². The van der Waals surface area contributed by atoms with E-state index in [1.807, 2.05) is 0 Å². The van der Waals surface area contributed by atoms with Crippen molar-refractivity contribution < 1.29 is 4.57 Å². The van der Waals surface area contributed by atoms with E-state index in [1.165, 1.54) is 147 Å². The molecule has 0 aromatic carbocycles. The first-order valence-electron chi connectivity index (χ1n) is 15.3. The third-order valence-electron chi connectivity index (χ3n) is 7.62. The zero-order chi connectivity index (χ0) is 24.0. The minimum atomic E-state index is 0.616. The van der Waals surface area contributed by atoms with Crippen molar-refractivity contribution in [3.8, 4) is 0 Å². The van der Waals surface area contributed by atoms with E-state index in [0.717, 1.165) is 0 Å². The number of hydrogen-bond donors (Lipinski definition) is 1. The van der Waals surface area contributed by atoms with Crippen LogP contribution in [0.25, 0.3) is 0 Å². The highest BCUT2D eigenvalue weighted by molar-refractivity contribution is 4.90. The summed E-state index contributed by atoms with van der Waals surface area (Å²) in [7, 11) is 0. The summed E-state index contributed by atoms with van der Waals surface area (Å²) >= 11 is 0. The van der Waals surface area contributed by atoms with Gasteiger partial charge in [0, 0.05) is 0 Å². The Morgan fingerprint density at radius 1 is 0.576 bits per heavy atom. The first kappa shape index (κ1) is 30.2. The minimum Gasteiger partial charge on any atom is -0.247 e. The van der Waals surface area contributed by atoms with Crippen LogP contribution in [0, 0.1) is 0 Å². The lowest BCUT2D eigenvalue weighted by Gasteiger charge is -2.17. The van der Waals surface area contributed by atoms with Gasteiger partial charge in [0.15, 0.2) is 0 Å². The summed E-state index contributed by atoms with van der Waals surface area (Å²) in [5, 5.41) is 0. The number of rotatable bonds is 24. The van der Waals surface area contributed by atoms with Crippen LogP contribution in [0.15, 0.2) is 12.4 Å². The average molecular weight is 462 g/mol. The standard InChI is InChI=1S/C31H60N2/c1-5-8-10-12-14-15-16-17-19-21-23-26-30(25-22-20-18-13-11-9-6-2)31-32-27-28-33(31)29(4)24-7-3/h27-30H,5-26H2,1-4H3/p+1. The molecule has 2 unspecified atom stereocenters. The van der Waals surface area contributed by atoms with E-state index in [9.17, 15) is 0 Å². The molecule has 0 bridgehead atoms. The normalized spacial score (nSPS) is 13.5. The van der Waals surface area contributed by atoms with Crippen LogP contribution < -0.4 is 4.57 Å². The van der Waals surface area contributed by atoms with Crippen molar-refractivity contribution in [2.75, 3.05) is 0 Å². The van der Waals surface area contributed by atoms with E-state index in [4.69, 9.17) is 0 Å².